The van der Waals surface area contributed by atoms with E-state index in [-0.39, 0.29) is 23.9 Å². The Bertz CT molecular complexity index is 1470. The smallest absolute Gasteiger partial charge is 0.269 e. The molecule has 2 aliphatic heterocycles. The third-order valence-electron chi connectivity index (χ3n) is 6.06. The maximum Gasteiger partial charge on any atom is 0.269 e. The Kier molecular flexibility index (Phi) is 7.18. The van der Waals surface area contributed by atoms with Gasteiger partial charge in [-0.25, -0.2) is 9.89 Å². The number of nitro groups is 1. The summed E-state index contributed by atoms with van der Waals surface area (Å²) in [5, 5.41) is 14.4. The highest BCUT2D eigenvalue weighted by Gasteiger charge is 2.42. The predicted molar refractivity (Wildman–Crippen MR) is 145 cm³/mol. The first-order valence-electron chi connectivity index (χ1n) is 11.8. The average Bonchev–Trinajstić information content (AvgIpc) is 3.27. The van der Waals surface area contributed by atoms with Crippen molar-refractivity contribution in [2.45, 2.75) is 24.8 Å². The molecule has 0 unspecified atom stereocenters. The van der Waals surface area contributed by atoms with Crippen molar-refractivity contribution in [2.24, 2.45) is 9.98 Å². The molecular formula is C27H23N5O5S. The minimum Gasteiger partial charge on any atom is -0.497 e. The number of carbonyl (C=O) groups is 2. The number of amides is 2. The third-order valence-corrected chi connectivity index (χ3v) is 7.07. The molecule has 1 atom stereocenters. The fraction of sp³-hybridized carbons (Fsp3) is 0.185. The van der Waals surface area contributed by atoms with Crippen LogP contribution in [0.15, 0.2) is 82.8 Å². The number of nitrogens with zero attached hydrogens (tertiary/aromatic N) is 4. The standard InChI is InChI=1S/C27H23N5O5S/c1-37-20-11-9-17(10-12-20)15-28-24(33)14-23-26(34)31-25(29-23)21-7-2-3-8-22(21)30-27(31)38-16-18-5-4-6-19(13-18)32(35)36/h2-13,23H,14-16H2,1H3,(H,28,33)/t23-/m0/s1. The van der Waals surface area contributed by atoms with Crippen molar-refractivity contribution in [3.05, 3.63) is 99.6 Å². The Morgan fingerprint density at radius 3 is 2.66 bits per heavy atom. The normalized spacial score (nSPS) is 15.8. The fourth-order valence-corrected chi connectivity index (χ4v) is 5.08. The van der Waals surface area contributed by atoms with Gasteiger partial charge in [0, 0.05) is 30.0 Å². The third kappa shape index (κ3) is 5.28. The monoisotopic (exact) mass is 529 g/mol. The molecule has 0 saturated carbocycles. The average molecular weight is 530 g/mol. The minimum absolute atomic E-state index is 0.000699. The van der Waals surface area contributed by atoms with Crippen LogP contribution in [0.5, 0.6) is 5.75 Å². The van der Waals surface area contributed by atoms with Gasteiger partial charge in [0.1, 0.15) is 17.6 Å². The molecule has 3 aromatic rings. The highest BCUT2D eigenvalue weighted by molar-refractivity contribution is 8.13. The SMILES string of the molecule is COc1ccc(CNC(=O)C[C@@H]2N=C3c4ccccc4N=C(SCc4cccc([N+](=O)[O-])c4)N3C2=O)cc1. The van der Waals surface area contributed by atoms with Crippen molar-refractivity contribution in [3.63, 3.8) is 0 Å². The molecule has 2 amide bonds. The van der Waals surface area contributed by atoms with Crippen molar-refractivity contribution < 1.29 is 19.2 Å². The van der Waals surface area contributed by atoms with Crippen LogP contribution in [-0.2, 0) is 21.9 Å². The molecule has 3 aromatic carbocycles. The number of hydrogen-bond acceptors (Lipinski definition) is 8. The Morgan fingerprint density at radius 1 is 1.11 bits per heavy atom. The van der Waals surface area contributed by atoms with E-state index in [1.165, 1.54) is 28.8 Å². The minimum atomic E-state index is -0.879. The summed E-state index contributed by atoms with van der Waals surface area (Å²) in [7, 11) is 1.59. The van der Waals surface area contributed by atoms with Crippen molar-refractivity contribution in [3.8, 4) is 5.75 Å². The highest BCUT2D eigenvalue weighted by atomic mass is 32.2. The number of thioether (sulfide) groups is 1. The number of nitro benzene ring substituents is 1. The van der Waals surface area contributed by atoms with E-state index >= 15 is 0 Å². The van der Waals surface area contributed by atoms with Crippen LogP contribution in [-0.4, -0.2) is 45.8 Å². The fourth-order valence-electron chi connectivity index (χ4n) is 4.13. The number of amidine groups is 2. The molecule has 2 heterocycles. The number of methoxy groups -OCH3 is 1. The second-order valence-corrected chi connectivity index (χ2v) is 9.54. The lowest BCUT2D eigenvalue weighted by Crippen LogP contribution is -2.42. The first-order valence-corrected chi connectivity index (χ1v) is 12.8. The van der Waals surface area contributed by atoms with Gasteiger partial charge in [0.05, 0.1) is 24.1 Å². The largest absolute Gasteiger partial charge is 0.497 e. The van der Waals surface area contributed by atoms with Gasteiger partial charge in [0.25, 0.3) is 11.6 Å². The Labute approximate surface area is 222 Å². The van der Waals surface area contributed by atoms with Crippen LogP contribution < -0.4 is 10.1 Å². The summed E-state index contributed by atoms with van der Waals surface area (Å²) >= 11 is 1.29. The van der Waals surface area contributed by atoms with E-state index in [1.54, 1.807) is 19.2 Å². The summed E-state index contributed by atoms with van der Waals surface area (Å²) in [5.74, 6) is 0.923. The number of non-ortho nitro benzene ring substituents is 1. The van der Waals surface area contributed by atoms with E-state index in [2.05, 4.69) is 15.3 Å². The molecule has 11 heteroatoms. The van der Waals surface area contributed by atoms with Crippen molar-refractivity contribution in [2.75, 3.05) is 7.11 Å². The Morgan fingerprint density at radius 2 is 1.89 bits per heavy atom. The van der Waals surface area contributed by atoms with Crippen LogP contribution in [0.4, 0.5) is 11.4 Å². The quantitative estimate of drug-likeness (QED) is 0.344. The number of para-hydroxylation sites is 1. The maximum absolute atomic E-state index is 13.4. The second kappa shape index (κ2) is 10.9. The van der Waals surface area contributed by atoms with Crippen LogP contribution in [0, 0.1) is 10.1 Å². The molecule has 0 spiro atoms. The molecule has 0 aromatic heterocycles. The van der Waals surface area contributed by atoms with Gasteiger partial charge in [-0.1, -0.05) is 48.2 Å². The second-order valence-electron chi connectivity index (χ2n) is 8.60. The molecule has 1 N–H and O–H groups in total. The lowest BCUT2D eigenvalue weighted by atomic mass is 10.1. The van der Waals surface area contributed by atoms with E-state index in [1.807, 2.05) is 48.5 Å². The first-order chi connectivity index (χ1) is 18.4. The van der Waals surface area contributed by atoms with Crippen LogP contribution in [0.3, 0.4) is 0 Å². The molecule has 0 radical (unpaired) electrons. The molecule has 0 aliphatic carbocycles. The van der Waals surface area contributed by atoms with Gasteiger partial charge in [-0.3, -0.25) is 24.7 Å². The van der Waals surface area contributed by atoms with Gasteiger partial charge in [0.2, 0.25) is 5.91 Å². The van der Waals surface area contributed by atoms with Gasteiger partial charge in [-0.05, 0) is 35.4 Å². The molecule has 0 fully saturated rings. The lowest BCUT2D eigenvalue weighted by Gasteiger charge is -2.25. The molecular weight excluding hydrogens is 506 g/mol. The number of ether oxygens (including phenoxy) is 1. The summed E-state index contributed by atoms with van der Waals surface area (Å²) in [4.78, 5) is 47.6. The van der Waals surface area contributed by atoms with Crippen LogP contribution in [0.2, 0.25) is 0 Å². The number of benzene rings is 3. The number of carbonyl (C=O) groups excluding carboxylic acids is 2. The zero-order chi connectivity index (χ0) is 26.6. The summed E-state index contributed by atoms with van der Waals surface area (Å²) < 4.78 is 5.15. The van der Waals surface area contributed by atoms with Gasteiger partial charge < -0.3 is 10.1 Å². The topological polar surface area (TPSA) is 126 Å². The number of hydrogen-bond donors (Lipinski definition) is 1. The van der Waals surface area contributed by atoms with Gasteiger partial charge in [-0.15, -0.1) is 0 Å². The Balaban J connectivity index is 1.30. The molecule has 0 saturated heterocycles. The van der Waals surface area contributed by atoms with Gasteiger partial charge >= 0.3 is 0 Å². The number of aliphatic imine (C=N–C) groups is 2. The summed E-state index contributed by atoms with van der Waals surface area (Å²) in [6.45, 7) is 0.318. The molecule has 192 valence electrons. The Hall–Kier alpha value is -4.51. The first kappa shape index (κ1) is 25.2. The zero-order valence-electron chi connectivity index (χ0n) is 20.4. The van der Waals surface area contributed by atoms with E-state index < -0.39 is 11.0 Å². The maximum atomic E-state index is 13.4. The van der Waals surface area contributed by atoms with E-state index in [9.17, 15) is 19.7 Å². The number of rotatable bonds is 8. The van der Waals surface area contributed by atoms with Crippen molar-refractivity contribution >= 4 is 46.0 Å². The number of nitrogens with one attached hydrogen (secondary N) is 1. The molecule has 5 rings (SSSR count). The molecule has 2 aliphatic rings. The molecule has 38 heavy (non-hydrogen) atoms. The van der Waals surface area contributed by atoms with E-state index in [4.69, 9.17) is 4.74 Å². The zero-order valence-corrected chi connectivity index (χ0v) is 21.2. The highest BCUT2D eigenvalue weighted by Crippen LogP contribution is 2.35. The number of fused-ring (bicyclic) bond motifs is 3. The van der Waals surface area contributed by atoms with Crippen molar-refractivity contribution in [1.82, 2.24) is 10.2 Å². The summed E-state index contributed by atoms with van der Waals surface area (Å²) in [5.41, 5.74) is 3.01. The van der Waals surface area contributed by atoms with Crippen LogP contribution in [0.1, 0.15) is 23.1 Å². The van der Waals surface area contributed by atoms with Crippen molar-refractivity contribution in [1.29, 1.82) is 0 Å². The van der Waals surface area contributed by atoms with Gasteiger partial charge in [0.15, 0.2) is 5.17 Å². The molecule has 0 bridgehead atoms. The van der Waals surface area contributed by atoms with Crippen LogP contribution >= 0.6 is 11.8 Å². The summed E-state index contributed by atoms with van der Waals surface area (Å²) in [6, 6.07) is 20.2. The van der Waals surface area contributed by atoms with Crippen LogP contribution in [0.25, 0.3) is 0 Å². The van der Waals surface area contributed by atoms with E-state index in [0.717, 1.165) is 16.9 Å². The molecule has 10 nitrogen and oxygen atoms in total. The van der Waals surface area contributed by atoms with Gasteiger partial charge in [-0.2, -0.15) is 0 Å². The lowest BCUT2D eigenvalue weighted by molar-refractivity contribution is -0.384. The van der Waals surface area contributed by atoms with E-state index in [0.29, 0.717) is 34.6 Å². The summed E-state index contributed by atoms with van der Waals surface area (Å²) in [6.07, 6.45) is -0.0972. The predicted octanol–water partition coefficient (Wildman–Crippen LogP) is 4.20.